The van der Waals surface area contributed by atoms with Crippen LogP contribution in [0.25, 0.3) is 0 Å². The largest absolute Gasteiger partial charge is 0.324 e. The Morgan fingerprint density at radius 2 is 1.89 bits per heavy atom. The van der Waals surface area contributed by atoms with Crippen LogP contribution >= 0.6 is 15.9 Å². The number of hydrogen-bond donors (Lipinski definition) is 1. The van der Waals surface area contributed by atoms with Crippen LogP contribution < -0.4 is 5.73 Å². The van der Waals surface area contributed by atoms with Crippen molar-refractivity contribution in [1.82, 2.24) is 0 Å². The lowest BCUT2D eigenvalue weighted by Crippen LogP contribution is -2.16. The van der Waals surface area contributed by atoms with Crippen LogP contribution in [0.2, 0.25) is 0 Å². The molecule has 0 bridgehead atoms. The zero-order valence-corrected chi connectivity index (χ0v) is 12.5. The Morgan fingerprint density at radius 1 is 1.16 bits per heavy atom. The molecule has 0 heterocycles. The lowest BCUT2D eigenvalue weighted by Gasteiger charge is -2.16. The third-order valence-electron chi connectivity index (χ3n) is 3.29. The Morgan fingerprint density at radius 3 is 2.58 bits per heavy atom. The second-order valence-electron chi connectivity index (χ2n) is 4.60. The van der Waals surface area contributed by atoms with Crippen LogP contribution in [0.1, 0.15) is 29.7 Å². The Balaban J connectivity index is 2.23. The van der Waals surface area contributed by atoms with Crippen LogP contribution in [-0.2, 0) is 12.8 Å². The number of rotatable bonds is 4. The van der Waals surface area contributed by atoms with Crippen LogP contribution in [0.5, 0.6) is 0 Å². The second kappa shape index (κ2) is 6.31. The summed E-state index contributed by atoms with van der Waals surface area (Å²) >= 11 is 3.26. The van der Waals surface area contributed by atoms with Gasteiger partial charge in [-0.25, -0.2) is 4.39 Å². The fourth-order valence-electron chi connectivity index (χ4n) is 2.25. The van der Waals surface area contributed by atoms with Crippen molar-refractivity contribution in [2.75, 3.05) is 0 Å². The normalized spacial score (nSPS) is 12.4. The van der Waals surface area contributed by atoms with Crippen LogP contribution in [0.3, 0.4) is 0 Å². The molecule has 19 heavy (non-hydrogen) atoms. The van der Waals surface area contributed by atoms with E-state index in [2.05, 4.69) is 28.9 Å². The third kappa shape index (κ3) is 3.43. The fraction of sp³-hybridized carbons (Fsp3) is 0.250. The molecule has 2 N–H and O–H groups in total. The van der Waals surface area contributed by atoms with E-state index in [0.29, 0.717) is 12.0 Å². The standard InChI is InChI=1S/C16H17BrFN/c1-2-11-5-3-4-6-14(11)16(19)9-12-7-8-13(17)10-15(12)18/h3-8,10,16H,2,9,19H2,1H3. The molecular formula is C16H17BrFN. The molecule has 0 aliphatic carbocycles. The first kappa shape index (κ1) is 14.2. The van der Waals surface area contributed by atoms with Crippen molar-refractivity contribution in [2.24, 2.45) is 5.73 Å². The fourth-order valence-corrected chi connectivity index (χ4v) is 2.59. The molecule has 3 heteroatoms. The number of aryl methyl sites for hydroxylation is 1. The van der Waals surface area contributed by atoms with Gasteiger partial charge in [0.2, 0.25) is 0 Å². The molecule has 1 nitrogen and oxygen atoms in total. The minimum atomic E-state index is -0.209. The summed E-state index contributed by atoms with van der Waals surface area (Å²) in [5, 5.41) is 0. The van der Waals surface area contributed by atoms with E-state index in [4.69, 9.17) is 5.73 Å². The maximum absolute atomic E-state index is 13.8. The molecule has 2 rings (SSSR count). The minimum absolute atomic E-state index is 0.174. The van der Waals surface area contributed by atoms with Crippen molar-refractivity contribution < 1.29 is 4.39 Å². The van der Waals surface area contributed by atoms with Crippen LogP contribution in [0, 0.1) is 5.82 Å². The van der Waals surface area contributed by atoms with E-state index in [1.807, 2.05) is 24.3 Å². The van der Waals surface area contributed by atoms with Gasteiger partial charge in [0, 0.05) is 10.5 Å². The van der Waals surface area contributed by atoms with Crippen molar-refractivity contribution in [3.63, 3.8) is 0 Å². The molecule has 0 saturated heterocycles. The molecule has 1 unspecified atom stereocenters. The molecule has 0 fully saturated rings. The van der Waals surface area contributed by atoms with Gasteiger partial charge in [0.15, 0.2) is 0 Å². The molecule has 0 saturated carbocycles. The van der Waals surface area contributed by atoms with Gasteiger partial charge in [0.25, 0.3) is 0 Å². The van der Waals surface area contributed by atoms with E-state index in [0.717, 1.165) is 16.5 Å². The molecule has 0 amide bonds. The quantitative estimate of drug-likeness (QED) is 0.887. The van der Waals surface area contributed by atoms with Gasteiger partial charge in [0.1, 0.15) is 5.82 Å². The molecule has 2 aromatic carbocycles. The van der Waals surface area contributed by atoms with Crippen LogP contribution in [0.4, 0.5) is 4.39 Å². The Hall–Kier alpha value is -1.19. The number of nitrogens with two attached hydrogens (primary N) is 1. The van der Waals surface area contributed by atoms with Gasteiger partial charge in [0.05, 0.1) is 0 Å². The average Bonchev–Trinajstić information content (AvgIpc) is 2.41. The highest BCUT2D eigenvalue weighted by atomic mass is 79.9. The van der Waals surface area contributed by atoms with E-state index in [1.165, 1.54) is 11.6 Å². The van der Waals surface area contributed by atoms with Gasteiger partial charge in [-0.1, -0.05) is 53.2 Å². The third-order valence-corrected chi connectivity index (χ3v) is 3.78. The van der Waals surface area contributed by atoms with E-state index >= 15 is 0 Å². The van der Waals surface area contributed by atoms with Crippen molar-refractivity contribution in [1.29, 1.82) is 0 Å². The maximum Gasteiger partial charge on any atom is 0.127 e. The summed E-state index contributed by atoms with van der Waals surface area (Å²) in [5.41, 5.74) is 9.22. The highest BCUT2D eigenvalue weighted by Gasteiger charge is 2.13. The number of benzene rings is 2. The van der Waals surface area contributed by atoms with Gasteiger partial charge < -0.3 is 5.73 Å². The Kier molecular flexibility index (Phi) is 4.72. The van der Waals surface area contributed by atoms with Crippen molar-refractivity contribution >= 4 is 15.9 Å². The van der Waals surface area contributed by atoms with E-state index < -0.39 is 0 Å². The highest BCUT2D eigenvalue weighted by molar-refractivity contribution is 9.10. The smallest absolute Gasteiger partial charge is 0.127 e. The number of halogens is 2. The summed E-state index contributed by atoms with van der Waals surface area (Å²) in [6.45, 7) is 2.10. The first-order valence-corrected chi connectivity index (χ1v) is 7.18. The SMILES string of the molecule is CCc1ccccc1C(N)Cc1ccc(Br)cc1F. The topological polar surface area (TPSA) is 26.0 Å². The van der Waals surface area contributed by atoms with E-state index in [9.17, 15) is 4.39 Å². The van der Waals surface area contributed by atoms with E-state index in [1.54, 1.807) is 6.07 Å². The highest BCUT2D eigenvalue weighted by Crippen LogP contribution is 2.23. The zero-order chi connectivity index (χ0) is 13.8. The van der Waals surface area contributed by atoms with Crippen molar-refractivity contribution in [3.05, 3.63) is 69.4 Å². The zero-order valence-electron chi connectivity index (χ0n) is 10.9. The first-order valence-electron chi connectivity index (χ1n) is 6.39. The summed E-state index contributed by atoms with van der Waals surface area (Å²) in [7, 11) is 0. The lowest BCUT2D eigenvalue weighted by molar-refractivity contribution is 0.591. The second-order valence-corrected chi connectivity index (χ2v) is 5.51. The summed E-state index contributed by atoms with van der Waals surface area (Å²) in [6.07, 6.45) is 1.45. The van der Waals surface area contributed by atoms with Gasteiger partial charge in [-0.15, -0.1) is 0 Å². The molecule has 0 aliphatic rings. The van der Waals surface area contributed by atoms with Gasteiger partial charge >= 0.3 is 0 Å². The molecule has 0 spiro atoms. The monoisotopic (exact) mass is 321 g/mol. The summed E-state index contributed by atoms with van der Waals surface area (Å²) in [6, 6.07) is 13.0. The van der Waals surface area contributed by atoms with Gasteiger partial charge in [-0.2, -0.15) is 0 Å². The minimum Gasteiger partial charge on any atom is -0.324 e. The molecular weight excluding hydrogens is 305 g/mol. The first-order chi connectivity index (χ1) is 9.11. The predicted octanol–water partition coefficient (Wildman–Crippen LogP) is 4.39. The maximum atomic E-state index is 13.8. The Bertz CT molecular complexity index is 568. The average molecular weight is 322 g/mol. The molecule has 100 valence electrons. The molecule has 0 radical (unpaired) electrons. The Labute approximate surface area is 121 Å². The lowest BCUT2D eigenvalue weighted by atomic mass is 9.94. The number of hydrogen-bond acceptors (Lipinski definition) is 1. The van der Waals surface area contributed by atoms with Crippen molar-refractivity contribution in [3.8, 4) is 0 Å². The van der Waals surface area contributed by atoms with Crippen molar-refractivity contribution in [2.45, 2.75) is 25.8 Å². The van der Waals surface area contributed by atoms with Crippen LogP contribution in [0.15, 0.2) is 46.9 Å². The van der Waals surface area contributed by atoms with E-state index in [-0.39, 0.29) is 11.9 Å². The summed E-state index contributed by atoms with van der Waals surface area (Å²) in [4.78, 5) is 0. The summed E-state index contributed by atoms with van der Waals surface area (Å²) < 4.78 is 14.6. The van der Waals surface area contributed by atoms with Gasteiger partial charge in [-0.05, 0) is 41.7 Å². The van der Waals surface area contributed by atoms with Gasteiger partial charge in [-0.3, -0.25) is 0 Å². The summed E-state index contributed by atoms with van der Waals surface area (Å²) in [5.74, 6) is -0.209. The molecule has 0 aliphatic heterocycles. The van der Waals surface area contributed by atoms with Crippen LogP contribution in [-0.4, -0.2) is 0 Å². The molecule has 2 aromatic rings. The predicted molar refractivity (Wildman–Crippen MR) is 80.6 cm³/mol. The molecule has 1 atom stereocenters. The molecule has 0 aromatic heterocycles.